The van der Waals surface area contributed by atoms with Gasteiger partial charge in [-0.2, -0.15) is 58.7 Å². The fourth-order valence-corrected chi connectivity index (χ4v) is 7.43. The van der Waals surface area contributed by atoms with Crippen molar-refractivity contribution in [3.63, 3.8) is 0 Å². The first-order valence-electron chi connectivity index (χ1n) is 23.6. The number of anilines is 3. The van der Waals surface area contributed by atoms with E-state index < -0.39 is 12.2 Å². The molecule has 0 aliphatic carbocycles. The molecule has 0 aromatic carbocycles. The first-order valence-corrected chi connectivity index (χ1v) is 23.6. The summed E-state index contributed by atoms with van der Waals surface area (Å²) >= 11 is 0. The quantitative estimate of drug-likeness (QED) is 0.0731. The third-order valence-corrected chi connectivity index (χ3v) is 11.0. The Bertz CT molecular complexity index is 3960. The summed E-state index contributed by atoms with van der Waals surface area (Å²) in [4.78, 5) is 49.4. The van der Waals surface area contributed by atoms with Gasteiger partial charge in [-0.1, -0.05) is 18.2 Å². The average molecular weight is 1060 g/mol. The molecule has 0 amide bonds. The van der Waals surface area contributed by atoms with E-state index in [1.54, 1.807) is 86.6 Å². The minimum atomic E-state index is -0.700. The molecule has 12 heterocycles. The Balaban J connectivity index is 0.000000132. The van der Waals surface area contributed by atoms with E-state index in [-0.39, 0.29) is 29.5 Å². The van der Waals surface area contributed by atoms with Crippen LogP contribution in [0.1, 0.15) is 72.1 Å². The summed E-state index contributed by atoms with van der Waals surface area (Å²) in [5, 5.41) is 32.1. The second-order valence-electron chi connectivity index (χ2n) is 17.1. The van der Waals surface area contributed by atoms with Gasteiger partial charge in [-0.05, 0) is 89.2 Å². The molecular formula is C51H46N18O9. The largest absolute Gasteiger partial charge is 0.458 e. The third kappa shape index (κ3) is 10.9. The maximum atomic E-state index is 11.5. The molecule has 78 heavy (non-hydrogen) atoms. The number of aliphatic hydroxyl groups excluding tert-OH is 2. The van der Waals surface area contributed by atoms with Crippen LogP contribution in [0.25, 0.3) is 51.7 Å². The lowest BCUT2D eigenvalue weighted by molar-refractivity contribution is 0.101. The highest BCUT2D eigenvalue weighted by Crippen LogP contribution is 2.32. The second-order valence-corrected chi connectivity index (χ2v) is 17.1. The molecular weight excluding hydrogens is 1010 g/mol. The highest BCUT2D eigenvalue weighted by molar-refractivity contribution is 5.92. The molecule has 0 saturated carbocycles. The first-order chi connectivity index (χ1) is 37.5. The van der Waals surface area contributed by atoms with Crippen molar-refractivity contribution in [3.05, 3.63) is 144 Å². The number of fused-ring (bicyclic) bond motifs is 3. The number of furan rings is 3. The Labute approximate surface area is 440 Å². The Kier molecular flexibility index (Phi) is 13.9. The molecule has 0 radical (unpaired) electrons. The normalized spacial score (nSPS) is 11.9. The van der Waals surface area contributed by atoms with Gasteiger partial charge in [0.15, 0.2) is 40.3 Å². The zero-order valence-electron chi connectivity index (χ0n) is 42.2. The van der Waals surface area contributed by atoms with Crippen LogP contribution >= 0.6 is 0 Å². The van der Waals surface area contributed by atoms with Gasteiger partial charge in [0.2, 0.25) is 69.9 Å². The summed E-state index contributed by atoms with van der Waals surface area (Å²) in [7, 11) is 0. The van der Waals surface area contributed by atoms with E-state index in [1.165, 1.54) is 39.1 Å². The molecule has 27 nitrogen and oxygen atoms in total. The number of rotatable bonds is 12. The number of nitrogens with zero attached hydrogens (tertiary/aromatic N) is 15. The molecule has 0 fully saturated rings. The van der Waals surface area contributed by atoms with Gasteiger partial charge in [0, 0.05) is 25.1 Å². The fourth-order valence-electron chi connectivity index (χ4n) is 7.43. The number of aryl methyl sites for hydroxylation is 3. The SMILES string of the molecule is CC(=O)c1cccc(Oc2cnn3c(-c4ccc(C)o4)nc(N)nc23)n1.Cc1ccc(-c2nc(N)nc3c(Oc4cccc(C(C)O)n4)cnn23)o1.Cc1ccc(-c2nc(N)nc3c(Oc4cccc(C(C)O)n4)cnn23)o1. The fraction of sp³-hybridized carbons (Fsp3) is 0.157. The number of hydrogen-bond donors (Lipinski definition) is 5. The molecule has 0 saturated heterocycles. The Hall–Kier alpha value is -10.7. The van der Waals surface area contributed by atoms with Crippen LogP contribution < -0.4 is 31.4 Å². The van der Waals surface area contributed by atoms with Gasteiger partial charge in [-0.15, -0.1) is 0 Å². The Morgan fingerprint density at radius 3 is 1.12 bits per heavy atom. The van der Waals surface area contributed by atoms with Crippen molar-refractivity contribution in [1.29, 1.82) is 0 Å². The first kappa shape index (κ1) is 50.8. The molecule has 2 atom stereocenters. The van der Waals surface area contributed by atoms with Crippen LogP contribution in [-0.2, 0) is 0 Å². The summed E-state index contributed by atoms with van der Waals surface area (Å²) in [6.07, 6.45) is 3.08. The monoisotopic (exact) mass is 1050 g/mol. The number of ketones is 1. The molecule has 12 rings (SSSR count). The van der Waals surface area contributed by atoms with Crippen LogP contribution in [0.5, 0.6) is 34.9 Å². The average Bonchev–Trinajstić information content (AvgIpc) is 4.43. The van der Waals surface area contributed by atoms with Gasteiger partial charge in [0.05, 0.1) is 42.2 Å². The van der Waals surface area contributed by atoms with Gasteiger partial charge >= 0.3 is 0 Å². The van der Waals surface area contributed by atoms with E-state index in [9.17, 15) is 15.0 Å². The number of aromatic nitrogens is 15. The van der Waals surface area contributed by atoms with Crippen molar-refractivity contribution in [2.45, 2.75) is 53.8 Å². The molecule has 0 aliphatic heterocycles. The summed E-state index contributed by atoms with van der Waals surface area (Å²) in [5.41, 5.74) is 19.9. The lowest BCUT2D eigenvalue weighted by Gasteiger charge is -2.07. The van der Waals surface area contributed by atoms with E-state index in [4.69, 9.17) is 44.7 Å². The minimum Gasteiger partial charge on any atom is -0.458 e. The van der Waals surface area contributed by atoms with Crippen molar-refractivity contribution in [2.75, 3.05) is 17.2 Å². The van der Waals surface area contributed by atoms with Gasteiger partial charge in [-0.3, -0.25) is 4.79 Å². The summed E-state index contributed by atoms with van der Waals surface area (Å²) in [6, 6.07) is 26.0. The number of nitrogen functional groups attached to an aromatic ring is 3. The lowest BCUT2D eigenvalue weighted by Crippen LogP contribution is -2.04. The number of ether oxygens (including phenoxy) is 3. The molecule has 394 valence electrons. The van der Waals surface area contributed by atoms with Gasteiger partial charge in [-0.25, -0.2) is 15.0 Å². The van der Waals surface area contributed by atoms with E-state index in [0.29, 0.717) is 97.8 Å². The molecule has 0 bridgehead atoms. The highest BCUT2D eigenvalue weighted by atomic mass is 16.5. The topological polar surface area (TPSA) is 371 Å². The molecule has 12 aromatic rings. The van der Waals surface area contributed by atoms with Crippen LogP contribution in [-0.4, -0.2) is 89.7 Å². The second kappa shape index (κ2) is 21.3. The molecule has 0 spiro atoms. The Morgan fingerprint density at radius 1 is 0.474 bits per heavy atom. The van der Waals surface area contributed by atoms with Crippen LogP contribution in [0.15, 0.2) is 123 Å². The summed E-state index contributed by atoms with van der Waals surface area (Å²) in [6.45, 7) is 10.2. The number of Topliss-reactive ketones (excluding diaryl/α,β-unsaturated/α-hetero) is 1. The number of pyridine rings is 3. The summed E-state index contributed by atoms with van der Waals surface area (Å²) in [5.74, 6) is 6.96. The number of carbonyl (C=O) groups excluding carboxylic acids is 1. The standard InChI is InChI=1S/2C17H16N6O3.C17H14N6O3/c3*1-9-6-7-12(25-9)15-21-17(18)22-16-13(8-19-23(15)16)26-14-5-3-4-11(20-14)10(2)24/h2*3-8,10,24H,1-2H3,(H2,18,22);3-8H,1-2H3,(H2,18,22). The number of hydrogen-bond acceptors (Lipinski definition) is 24. The predicted octanol–water partition coefficient (Wildman–Crippen LogP) is 7.70. The van der Waals surface area contributed by atoms with Crippen molar-refractivity contribution in [3.8, 4) is 69.6 Å². The molecule has 27 heteroatoms. The van der Waals surface area contributed by atoms with E-state index >= 15 is 0 Å². The number of nitrogens with two attached hydrogens (primary N) is 3. The predicted molar refractivity (Wildman–Crippen MR) is 277 cm³/mol. The zero-order valence-corrected chi connectivity index (χ0v) is 42.2. The van der Waals surface area contributed by atoms with E-state index in [2.05, 4.69) is 60.2 Å². The highest BCUT2D eigenvalue weighted by Gasteiger charge is 2.21. The van der Waals surface area contributed by atoms with Crippen LogP contribution in [0.3, 0.4) is 0 Å². The molecule has 12 aromatic heterocycles. The van der Waals surface area contributed by atoms with Crippen LogP contribution in [0.2, 0.25) is 0 Å². The third-order valence-electron chi connectivity index (χ3n) is 11.0. The molecule has 0 aliphatic rings. The maximum absolute atomic E-state index is 11.5. The van der Waals surface area contributed by atoms with E-state index in [1.807, 2.05) is 39.0 Å². The van der Waals surface area contributed by atoms with Crippen molar-refractivity contribution in [2.24, 2.45) is 0 Å². The lowest BCUT2D eigenvalue weighted by atomic mass is 10.2. The number of aliphatic hydroxyl groups is 2. The molecule has 8 N–H and O–H groups in total. The zero-order chi connectivity index (χ0) is 54.8. The van der Waals surface area contributed by atoms with E-state index in [0.717, 1.165) is 17.3 Å². The van der Waals surface area contributed by atoms with Gasteiger partial charge < -0.3 is 54.9 Å². The Morgan fingerprint density at radius 2 is 0.808 bits per heavy atom. The van der Waals surface area contributed by atoms with Crippen molar-refractivity contribution < 1.29 is 42.5 Å². The van der Waals surface area contributed by atoms with Gasteiger partial charge in [0.1, 0.15) is 23.0 Å². The van der Waals surface area contributed by atoms with Crippen LogP contribution in [0, 0.1) is 20.8 Å². The number of carbonyl (C=O) groups is 1. The summed E-state index contributed by atoms with van der Waals surface area (Å²) < 4.78 is 38.6. The van der Waals surface area contributed by atoms with Crippen molar-refractivity contribution >= 4 is 40.6 Å². The molecule has 2 unspecified atom stereocenters. The smallest absolute Gasteiger partial charge is 0.224 e. The van der Waals surface area contributed by atoms with Gasteiger partial charge in [0.25, 0.3) is 0 Å². The minimum absolute atomic E-state index is 0.0531. The van der Waals surface area contributed by atoms with Crippen molar-refractivity contribution in [1.82, 2.24) is 73.7 Å². The van der Waals surface area contributed by atoms with Crippen LogP contribution in [0.4, 0.5) is 17.8 Å². The maximum Gasteiger partial charge on any atom is 0.224 e.